The van der Waals surface area contributed by atoms with E-state index in [0.29, 0.717) is 13.1 Å². The number of fused-ring (bicyclic) bond motifs is 3. The number of para-hydroxylation sites is 1. The molecule has 148 valence electrons. The molecule has 2 atom stereocenters. The van der Waals surface area contributed by atoms with E-state index < -0.39 is 11.5 Å². The van der Waals surface area contributed by atoms with E-state index in [4.69, 9.17) is 16.2 Å². The molecule has 1 saturated heterocycles. The van der Waals surface area contributed by atoms with Gasteiger partial charge < -0.3 is 26.0 Å². The zero-order chi connectivity index (χ0) is 20.2. The molecule has 3 aliphatic heterocycles. The molecule has 8 nitrogen and oxygen atoms in total. The number of anilines is 1. The smallest absolute Gasteiger partial charge is 0.410 e. The van der Waals surface area contributed by atoms with Gasteiger partial charge in [-0.2, -0.15) is 0 Å². The Bertz CT molecular complexity index is 895. The summed E-state index contributed by atoms with van der Waals surface area (Å²) in [6.45, 7) is 6.66. The van der Waals surface area contributed by atoms with Crippen molar-refractivity contribution in [3.8, 4) is 0 Å². The third-order valence-electron chi connectivity index (χ3n) is 5.25. The number of likely N-dealkylation sites (tertiary alicyclic amines) is 1. The summed E-state index contributed by atoms with van der Waals surface area (Å²) in [4.78, 5) is 32.5. The lowest BCUT2D eigenvalue weighted by Crippen LogP contribution is -2.63. The van der Waals surface area contributed by atoms with Crippen LogP contribution < -0.4 is 16.4 Å². The first-order valence-corrected chi connectivity index (χ1v) is 9.36. The minimum Gasteiger partial charge on any atom is -0.444 e. The van der Waals surface area contributed by atoms with Crippen LogP contribution in [0.4, 0.5) is 10.5 Å². The highest BCUT2D eigenvalue weighted by Crippen LogP contribution is 2.46. The zero-order valence-corrected chi connectivity index (χ0v) is 16.3. The first kappa shape index (κ1) is 18.3. The quantitative estimate of drug-likeness (QED) is 0.799. The summed E-state index contributed by atoms with van der Waals surface area (Å²) in [5, 5.41) is 0. The molecule has 1 aromatic carbocycles. The van der Waals surface area contributed by atoms with Crippen LogP contribution in [-0.2, 0) is 9.53 Å². The van der Waals surface area contributed by atoms with Gasteiger partial charge in [-0.25, -0.2) is 9.79 Å². The highest BCUT2D eigenvalue weighted by molar-refractivity contribution is 6.20. The van der Waals surface area contributed by atoms with Crippen molar-refractivity contribution in [3.63, 3.8) is 0 Å². The summed E-state index contributed by atoms with van der Waals surface area (Å²) in [7, 11) is 0. The topological polar surface area (TPSA) is 114 Å². The van der Waals surface area contributed by atoms with Crippen LogP contribution >= 0.6 is 0 Å². The van der Waals surface area contributed by atoms with Gasteiger partial charge >= 0.3 is 6.09 Å². The fourth-order valence-electron chi connectivity index (χ4n) is 4.00. The first-order valence-electron chi connectivity index (χ1n) is 9.36. The van der Waals surface area contributed by atoms with Gasteiger partial charge in [0.05, 0.1) is 11.6 Å². The number of rotatable bonds is 2. The maximum atomic E-state index is 12.3. The van der Waals surface area contributed by atoms with Gasteiger partial charge in [0.15, 0.2) is 0 Å². The van der Waals surface area contributed by atoms with Crippen molar-refractivity contribution < 1.29 is 14.3 Å². The molecule has 0 bridgehead atoms. The number of carbonyl (C=O) groups excluding carboxylic acids is 2. The van der Waals surface area contributed by atoms with Gasteiger partial charge in [-0.3, -0.25) is 4.79 Å². The van der Waals surface area contributed by atoms with Crippen molar-refractivity contribution in [3.05, 3.63) is 41.5 Å². The third-order valence-corrected chi connectivity index (χ3v) is 5.25. The number of aliphatic imine (C=N–C) groups is 1. The number of hydrogen-bond acceptors (Lipinski definition) is 6. The van der Waals surface area contributed by atoms with E-state index in [2.05, 4.69) is 9.89 Å². The molecule has 28 heavy (non-hydrogen) atoms. The number of dihydropyridines is 1. The van der Waals surface area contributed by atoms with E-state index in [0.717, 1.165) is 11.3 Å². The lowest BCUT2D eigenvalue weighted by Gasteiger charge is -2.47. The molecule has 0 aliphatic carbocycles. The van der Waals surface area contributed by atoms with Gasteiger partial charge in [-0.15, -0.1) is 0 Å². The Balaban J connectivity index is 1.58. The summed E-state index contributed by atoms with van der Waals surface area (Å²) >= 11 is 0. The number of hydrogen-bond donors (Lipinski definition) is 2. The molecule has 8 heteroatoms. The first-order chi connectivity index (χ1) is 13.2. The Morgan fingerprint density at radius 2 is 1.89 bits per heavy atom. The maximum absolute atomic E-state index is 12.3. The highest BCUT2D eigenvalue weighted by Gasteiger charge is 2.47. The van der Waals surface area contributed by atoms with Crippen LogP contribution in [0, 0.1) is 0 Å². The van der Waals surface area contributed by atoms with Crippen molar-refractivity contribution in [2.75, 3.05) is 18.0 Å². The second-order valence-corrected chi connectivity index (χ2v) is 8.40. The summed E-state index contributed by atoms with van der Waals surface area (Å²) in [5.41, 5.74) is 13.3. The molecule has 2 amide bonds. The summed E-state index contributed by atoms with van der Waals surface area (Å²) < 4.78 is 5.45. The molecule has 1 fully saturated rings. The summed E-state index contributed by atoms with van der Waals surface area (Å²) in [6, 6.07) is 8.10. The lowest BCUT2D eigenvalue weighted by molar-refractivity contribution is -0.114. The van der Waals surface area contributed by atoms with Crippen molar-refractivity contribution >= 4 is 23.5 Å². The lowest BCUT2D eigenvalue weighted by atomic mass is 9.93. The van der Waals surface area contributed by atoms with Crippen LogP contribution in [0.25, 0.3) is 0 Å². The molecule has 0 saturated carbocycles. The second-order valence-electron chi connectivity index (χ2n) is 8.40. The molecule has 3 aliphatic rings. The minimum atomic E-state index is -0.574. The molecule has 4 N–H and O–H groups in total. The predicted molar refractivity (Wildman–Crippen MR) is 106 cm³/mol. The Morgan fingerprint density at radius 3 is 2.54 bits per heavy atom. The van der Waals surface area contributed by atoms with Crippen molar-refractivity contribution in [2.45, 2.75) is 44.5 Å². The summed E-state index contributed by atoms with van der Waals surface area (Å²) in [5.74, 6) is -0.508. The number of carbonyl (C=O) groups is 2. The Hall–Kier alpha value is -3.03. The predicted octanol–water partition coefficient (Wildman–Crippen LogP) is 1.32. The standard InChI is InChI=1S/C20H25N5O3/c1-20(2,3)28-19(27)24-9-11(10-24)25-15-7-5-4-6-12(15)13-8-14(17(22)26)16(21)23-18(13)25/h4-8,11,13,18H,9-10H2,1-3H3,(H2,21,23)(H2,22,26). The van der Waals surface area contributed by atoms with Crippen LogP contribution in [0.15, 0.2) is 40.9 Å². The third kappa shape index (κ3) is 2.98. The van der Waals surface area contributed by atoms with Gasteiger partial charge in [0, 0.05) is 24.7 Å². The number of nitrogens with two attached hydrogens (primary N) is 2. The number of primary amides is 1. The second kappa shape index (κ2) is 6.25. The zero-order valence-electron chi connectivity index (χ0n) is 16.3. The number of nitrogens with zero attached hydrogens (tertiary/aromatic N) is 3. The van der Waals surface area contributed by atoms with E-state index in [1.165, 1.54) is 0 Å². The number of ether oxygens (including phenoxy) is 1. The molecule has 4 rings (SSSR count). The Morgan fingerprint density at radius 1 is 1.21 bits per heavy atom. The molecule has 1 aromatic rings. The Labute approximate surface area is 163 Å². The molecular weight excluding hydrogens is 358 g/mol. The molecule has 0 radical (unpaired) electrons. The van der Waals surface area contributed by atoms with Crippen molar-refractivity contribution in [1.82, 2.24) is 4.90 Å². The average molecular weight is 383 g/mol. The summed E-state index contributed by atoms with van der Waals surface area (Å²) in [6.07, 6.45) is 1.26. The molecule has 0 aromatic heterocycles. The van der Waals surface area contributed by atoms with Crippen LogP contribution in [0.5, 0.6) is 0 Å². The fraction of sp³-hybridized carbons (Fsp3) is 0.450. The van der Waals surface area contributed by atoms with E-state index in [-0.39, 0.29) is 35.6 Å². The number of benzene rings is 1. The van der Waals surface area contributed by atoms with Crippen LogP contribution in [0.2, 0.25) is 0 Å². The van der Waals surface area contributed by atoms with Gasteiger partial charge in [0.1, 0.15) is 17.6 Å². The fourth-order valence-corrected chi connectivity index (χ4v) is 4.00. The van der Waals surface area contributed by atoms with Gasteiger partial charge in [-0.05, 0) is 32.4 Å². The molecule has 3 heterocycles. The van der Waals surface area contributed by atoms with Crippen LogP contribution in [-0.4, -0.2) is 53.6 Å². The molecule has 0 spiro atoms. The van der Waals surface area contributed by atoms with E-state index in [9.17, 15) is 9.59 Å². The maximum Gasteiger partial charge on any atom is 0.410 e. The SMILES string of the molecule is CC(C)(C)OC(=O)N1CC(N2c3ccccc3C3C=C(C(N)=O)C(N)=NC32)C1. The average Bonchev–Trinajstić information content (AvgIpc) is 2.85. The van der Waals surface area contributed by atoms with Gasteiger partial charge in [-0.1, -0.05) is 24.3 Å². The van der Waals surface area contributed by atoms with Crippen molar-refractivity contribution in [1.29, 1.82) is 0 Å². The number of amides is 2. The Kier molecular flexibility index (Phi) is 4.10. The molecule has 2 unspecified atom stereocenters. The minimum absolute atomic E-state index is 0.0958. The molecular formula is C20H25N5O3. The van der Waals surface area contributed by atoms with Crippen LogP contribution in [0.1, 0.15) is 32.3 Å². The largest absolute Gasteiger partial charge is 0.444 e. The van der Waals surface area contributed by atoms with E-state index >= 15 is 0 Å². The monoisotopic (exact) mass is 383 g/mol. The van der Waals surface area contributed by atoms with Crippen LogP contribution in [0.3, 0.4) is 0 Å². The van der Waals surface area contributed by atoms with Crippen molar-refractivity contribution in [2.24, 2.45) is 16.5 Å². The highest BCUT2D eigenvalue weighted by atomic mass is 16.6. The van der Waals surface area contributed by atoms with Gasteiger partial charge in [0.25, 0.3) is 5.91 Å². The van der Waals surface area contributed by atoms with Gasteiger partial charge in [0.2, 0.25) is 0 Å². The number of amidine groups is 1. The van der Waals surface area contributed by atoms with E-state index in [1.54, 1.807) is 4.90 Å². The normalized spacial score (nSPS) is 24.0. The van der Waals surface area contributed by atoms with E-state index in [1.807, 2.05) is 51.1 Å².